The van der Waals surface area contributed by atoms with Crippen LogP contribution >= 0.6 is 23.4 Å². The molecule has 10 heteroatoms. The largest absolute Gasteiger partial charge is 0.508 e. The van der Waals surface area contributed by atoms with E-state index in [0.29, 0.717) is 27.7 Å². The van der Waals surface area contributed by atoms with Crippen molar-refractivity contribution in [1.29, 1.82) is 0 Å². The van der Waals surface area contributed by atoms with Gasteiger partial charge in [0.05, 0.1) is 11.4 Å². The van der Waals surface area contributed by atoms with Crippen molar-refractivity contribution in [1.82, 2.24) is 30.4 Å². The van der Waals surface area contributed by atoms with Crippen LogP contribution < -0.4 is 0 Å². The van der Waals surface area contributed by atoms with Gasteiger partial charge in [-0.25, -0.2) is 0 Å². The summed E-state index contributed by atoms with van der Waals surface area (Å²) in [4.78, 5) is 0. The summed E-state index contributed by atoms with van der Waals surface area (Å²) >= 11 is 7.24. The smallest absolute Gasteiger partial charge is 0.277 e. The summed E-state index contributed by atoms with van der Waals surface area (Å²) in [7, 11) is 0. The van der Waals surface area contributed by atoms with Crippen LogP contribution in [0.1, 0.15) is 5.82 Å². The fraction of sp³-hybridized carbons (Fsp3) is 0.0625. The lowest BCUT2D eigenvalue weighted by molar-refractivity contribution is 0.464. The number of thioether (sulfide) groups is 1. The maximum Gasteiger partial charge on any atom is 0.277 e. The van der Waals surface area contributed by atoms with Gasteiger partial charge in [-0.2, -0.15) is 4.68 Å². The van der Waals surface area contributed by atoms with Crippen LogP contribution in [-0.2, 0) is 5.75 Å². The second-order valence-corrected chi connectivity index (χ2v) is 6.56. The molecule has 130 valence electrons. The molecule has 2 heterocycles. The van der Waals surface area contributed by atoms with E-state index < -0.39 is 0 Å². The van der Waals surface area contributed by atoms with E-state index in [4.69, 9.17) is 16.0 Å². The first kappa shape index (κ1) is 16.6. The number of hydrogen-bond acceptors (Lipinski definition) is 8. The van der Waals surface area contributed by atoms with Crippen molar-refractivity contribution < 1.29 is 9.52 Å². The first-order valence-electron chi connectivity index (χ1n) is 7.48. The minimum atomic E-state index is 0.178. The van der Waals surface area contributed by atoms with E-state index >= 15 is 0 Å². The van der Waals surface area contributed by atoms with Gasteiger partial charge in [0.15, 0.2) is 5.82 Å². The van der Waals surface area contributed by atoms with E-state index in [1.807, 2.05) is 12.1 Å². The molecule has 0 saturated heterocycles. The molecule has 0 unspecified atom stereocenters. The Morgan fingerprint density at radius 3 is 2.54 bits per heavy atom. The molecule has 0 atom stereocenters. The van der Waals surface area contributed by atoms with Gasteiger partial charge in [0.1, 0.15) is 5.75 Å². The van der Waals surface area contributed by atoms with Gasteiger partial charge in [0, 0.05) is 10.6 Å². The summed E-state index contributed by atoms with van der Waals surface area (Å²) < 4.78 is 7.26. The molecule has 0 radical (unpaired) electrons. The van der Waals surface area contributed by atoms with Crippen molar-refractivity contribution in [3.8, 4) is 22.9 Å². The van der Waals surface area contributed by atoms with Crippen LogP contribution in [0.15, 0.2) is 58.2 Å². The van der Waals surface area contributed by atoms with Crippen molar-refractivity contribution in [2.24, 2.45) is 0 Å². The van der Waals surface area contributed by atoms with Gasteiger partial charge in [0.2, 0.25) is 5.89 Å². The Bertz CT molecular complexity index is 1020. The third-order valence-corrected chi connectivity index (χ3v) is 4.52. The number of aromatic nitrogens is 6. The van der Waals surface area contributed by atoms with Gasteiger partial charge in [-0.1, -0.05) is 23.4 Å². The van der Waals surface area contributed by atoms with Crippen molar-refractivity contribution in [2.45, 2.75) is 11.0 Å². The molecule has 0 saturated carbocycles. The number of benzene rings is 2. The van der Waals surface area contributed by atoms with E-state index in [2.05, 4.69) is 25.7 Å². The lowest BCUT2D eigenvalue weighted by Gasteiger charge is -2.03. The van der Waals surface area contributed by atoms with E-state index in [-0.39, 0.29) is 5.75 Å². The van der Waals surface area contributed by atoms with Crippen molar-refractivity contribution in [3.05, 3.63) is 59.4 Å². The maximum absolute atomic E-state index is 9.33. The standard InChI is InChI=1S/C16H11ClN6O2S/c17-11-3-5-12(6-4-11)23-14(18-21-22-23)9-26-16-20-19-15(25-16)10-1-7-13(24)8-2-10/h1-8,24H,9H2. The van der Waals surface area contributed by atoms with Crippen LogP contribution in [0.2, 0.25) is 5.02 Å². The summed E-state index contributed by atoms with van der Waals surface area (Å²) in [6, 6.07) is 13.8. The third kappa shape index (κ3) is 3.53. The molecule has 1 N–H and O–H groups in total. The van der Waals surface area contributed by atoms with E-state index in [1.165, 1.54) is 11.8 Å². The average Bonchev–Trinajstić information content (AvgIpc) is 3.30. The highest BCUT2D eigenvalue weighted by atomic mass is 35.5. The van der Waals surface area contributed by atoms with Crippen molar-refractivity contribution in [2.75, 3.05) is 0 Å². The topological polar surface area (TPSA) is 103 Å². The molecule has 4 rings (SSSR count). The minimum absolute atomic E-state index is 0.178. The Morgan fingerprint density at radius 1 is 1.00 bits per heavy atom. The molecule has 0 spiro atoms. The van der Waals surface area contributed by atoms with Crippen LogP contribution in [0.4, 0.5) is 0 Å². The van der Waals surface area contributed by atoms with Crippen LogP contribution in [0.25, 0.3) is 17.1 Å². The highest BCUT2D eigenvalue weighted by Gasteiger charge is 2.13. The predicted molar refractivity (Wildman–Crippen MR) is 95.1 cm³/mol. The Hall–Kier alpha value is -2.91. The summed E-state index contributed by atoms with van der Waals surface area (Å²) in [5.74, 6) is 1.65. The van der Waals surface area contributed by atoms with Gasteiger partial charge in [-0.3, -0.25) is 0 Å². The van der Waals surface area contributed by atoms with Gasteiger partial charge >= 0.3 is 0 Å². The van der Waals surface area contributed by atoms with Gasteiger partial charge in [-0.15, -0.1) is 15.3 Å². The molecule has 4 aromatic rings. The van der Waals surface area contributed by atoms with E-state index in [9.17, 15) is 5.11 Å². The van der Waals surface area contributed by atoms with Gasteiger partial charge in [0.25, 0.3) is 5.22 Å². The summed E-state index contributed by atoms with van der Waals surface area (Å²) in [6.45, 7) is 0. The van der Waals surface area contributed by atoms with Crippen LogP contribution in [-0.4, -0.2) is 35.5 Å². The van der Waals surface area contributed by atoms with Gasteiger partial charge < -0.3 is 9.52 Å². The molecule has 0 aliphatic heterocycles. The van der Waals surface area contributed by atoms with Crippen LogP contribution in [0.5, 0.6) is 5.75 Å². The summed E-state index contributed by atoms with van der Waals surface area (Å²) in [5.41, 5.74) is 1.54. The monoisotopic (exact) mass is 386 g/mol. The van der Waals surface area contributed by atoms with Crippen molar-refractivity contribution in [3.63, 3.8) is 0 Å². The molecule has 2 aromatic heterocycles. The number of rotatable bonds is 5. The lowest BCUT2D eigenvalue weighted by atomic mass is 10.2. The minimum Gasteiger partial charge on any atom is -0.508 e. The molecule has 0 fully saturated rings. The molecule has 0 amide bonds. The average molecular weight is 387 g/mol. The Kier molecular flexibility index (Phi) is 4.55. The summed E-state index contributed by atoms with van der Waals surface area (Å²) in [6.07, 6.45) is 0. The molecule has 0 aliphatic carbocycles. The zero-order valence-electron chi connectivity index (χ0n) is 13.2. The Balaban J connectivity index is 1.48. The highest BCUT2D eigenvalue weighted by molar-refractivity contribution is 7.98. The number of phenols is 1. The Labute approximate surface area is 156 Å². The summed E-state index contributed by atoms with van der Waals surface area (Å²) in [5, 5.41) is 30.2. The first-order chi connectivity index (χ1) is 12.7. The normalized spacial score (nSPS) is 11.0. The van der Waals surface area contributed by atoms with E-state index in [1.54, 1.807) is 41.1 Å². The second-order valence-electron chi connectivity index (χ2n) is 5.19. The number of hydrogen-bond donors (Lipinski definition) is 1. The number of tetrazole rings is 1. The highest BCUT2D eigenvalue weighted by Crippen LogP contribution is 2.26. The lowest BCUT2D eigenvalue weighted by Crippen LogP contribution is -2.01. The molecular weight excluding hydrogens is 376 g/mol. The Morgan fingerprint density at radius 2 is 1.77 bits per heavy atom. The third-order valence-electron chi connectivity index (χ3n) is 3.45. The first-order valence-corrected chi connectivity index (χ1v) is 8.84. The van der Waals surface area contributed by atoms with Crippen LogP contribution in [0, 0.1) is 0 Å². The molecule has 26 heavy (non-hydrogen) atoms. The molecule has 2 aromatic carbocycles. The quantitative estimate of drug-likeness (QED) is 0.521. The maximum atomic E-state index is 9.33. The van der Waals surface area contributed by atoms with Crippen LogP contribution in [0.3, 0.4) is 0 Å². The SMILES string of the molecule is Oc1ccc(-c2nnc(SCc3nnnn3-c3ccc(Cl)cc3)o2)cc1. The van der Waals surface area contributed by atoms with Gasteiger partial charge in [-0.05, 0) is 59.0 Å². The van der Waals surface area contributed by atoms with E-state index in [0.717, 1.165) is 11.3 Å². The fourth-order valence-electron chi connectivity index (χ4n) is 2.19. The number of nitrogens with zero attached hydrogens (tertiary/aromatic N) is 6. The molecular formula is C16H11ClN6O2S. The molecule has 0 aliphatic rings. The molecule has 8 nitrogen and oxygen atoms in total. The number of halogens is 1. The van der Waals surface area contributed by atoms with Crippen molar-refractivity contribution >= 4 is 23.4 Å². The second kappa shape index (κ2) is 7.14. The zero-order valence-corrected chi connectivity index (χ0v) is 14.7. The fourth-order valence-corrected chi connectivity index (χ4v) is 2.99. The number of phenolic OH excluding ortho intramolecular Hbond substituents is 1. The zero-order chi connectivity index (χ0) is 17.9. The predicted octanol–water partition coefficient (Wildman–Crippen LogP) is 3.36. The number of aromatic hydroxyl groups is 1. The molecule has 0 bridgehead atoms.